The first-order valence-electron chi connectivity index (χ1n) is 8.37. The van der Waals surface area contributed by atoms with Crippen LogP contribution in [0.3, 0.4) is 0 Å². The van der Waals surface area contributed by atoms with Gasteiger partial charge in [-0.05, 0) is 23.3 Å². The van der Waals surface area contributed by atoms with Crippen LogP contribution in [0.4, 0.5) is 5.69 Å². The van der Waals surface area contributed by atoms with Crippen molar-refractivity contribution >= 4 is 17.0 Å². The summed E-state index contributed by atoms with van der Waals surface area (Å²) in [6.07, 6.45) is 0.907. The second-order valence-corrected chi connectivity index (χ2v) is 6.71. The number of hydrogen-bond donors (Lipinski definition) is 1. The zero-order valence-corrected chi connectivity index (χ0v) is 15.4. The molecule has 138 valence electrons. The molecule has 0 fully saturated rings. The molecule has 0 aliphatic rings. The Morgan fingerprint density at radius 3 is 2.56 bits per heavy atom. The SMILES string of the molecule is C=CCN=c1scc(-c2ccccc2)n1C[C@@H](O)c1ccc([N+](=O)[O-])cc1. The third kappa shape index (κ3) is 4.39. The molecular weight excluding hydrogens is 362 g/mol. The molecule has 7 heteroatoms. The van der Waals surface area contributed by atoms with Gasteiger partial charge in [0.05, 0.1) is 29.8 Å². The van der Waals surface area contributed by atoms with Crippen LogP contribution >= 0.6 is 11.3 Å². The van der Waals surface area contributed by atoms with E-state index in [2.05, 4.69) is 11.6 Å². The molecular formula is C20H19N3O3S. The maximum atomic E-state index is 10.8. The number of aliphatic hydroxyl groups excluding tert-OH is 1. The average molecular weight is 381 g/mol. The molecule has 0 saturated heterocycles. The lowest BCUT2D eigenvalue weighted by Gasteiger charge is -2.15. The van der Waals surface area contributed by atoms with Crippen molar-refractivity contribution in [3.8, 4) is 11.3 Å². The highest BCUT2D eigenvalue weighted by atomic mass is 32.1. The van der Waals surface area contributed by atoms with Crippen LogP contribution < -0.4 is 4.80 Å². The summed E-state index contributed by atoms with van der Waals surface area (Å²) in [5, 5.41) is 23.5. The largest absolute Gasteiger partial charge is 0.387 e. The Bertz CT molecular complexity index is 991. The number of hydrogen-bond acceptors (Lipinski definition) is 5. The van der Waals surface area contributed by atoms with E-state index in [0.29, 0.717) is 18.7 Å². The molecule has 0 unspecified atom stereocenters. The van der Waals surface area contributed by atoms with E-state index in [-0.39, 0.29) is 5.69 Å². The fourth-order valence-electron chi connectivity index (χ4n) is 2.71. The number of nitrogens with zero attached hydrogens (tertiary/aromatic N) is 3. The molecule has 0 bridgehead atoms. The van der Waals surface area contributed by atoms with Gasteiger partial charge in [0.2, 0.25) is 0 Å². The zero-order chi connectivity index (χ0) is 19.2. The highest BCUT2D eigenvalue weighted by Crippen LogP contribution is 2.24. The van der Waals surface area contributed by atoms with E-state index < -0.39 is 11.0 Å². The number of nitro benzene ring substituents is 1. The third-order valence-electron chi connectivity index (χ3n) is 4.07. The third-order valence-corrected chi connectivity index (χ3v) is 4.97. The molecule has 2 aromatic carbocycles. The summed E-state index contributed by atoms with van der Waals surface area (Å²) in [6.45, 7) is 4.48. The van der Waals surface area contributed by atoms with E-state index in [1.54, 1.807) is 18.2 Å². The van der Waals surface area contributed by atoms with Crippen molar-refractivity contribution in [2.45, 2.75) is 12.6 Å². The van der Waals surface area contributed by atoms with Crippen LogP contribution in [0.2, 0.25) is 0 Å². The lowest BCUT2D eigenvalue weighted by molar-refractivity contribution is -0.384. The summed E-state index contributed by atoms with van der Waals surface area (Å²) in [7, 11) is 0. The lowest BCUT2D eigenvalue weighted by atomic mass is 10.1. The topological polar surface area (TPSA) is 80.7 Å². The van der Waals surface area contributed by atoms with E-state index in [1.807, 2.05) is 40.3 Å². The summed E-state index contributed by atoms with van der Waals surface area (Å²) in [5.74, 6) is 0. The number of aliphatic hydroxyl groups is 1. The fourth-order valence-corrected chi connectivity index (χ4v) is 3.64. The monoisotopic (exact) mass is 381 g/mol. The molecule has 3 aromatic rings. The van der Waals surface area contributed by atoms with Crippen molar-refractivity contribution in [1.29, 1.82) is 0 Å². The molecule has 0 aliphatic carbocycles. The van der Waals surface area contributed by atoms with Gasteiger partial charge in [0.1, 0.15) is 0 Å². The molecule has 0 amide bonds. The number of aromatic nitrogens is 1. The predicted molar refractivity (Wildman–Crippen MR) is 106 cm³/mol. The smallest absolute Gasteiger partial charge is 0.269 e. The van der Waals surface area contributed by atoms with E-state index in [1.165, 1.54) is 23.5 Å². The summed E-state index contributed by atoms with van der Waals surface area (Å²) in [4.78, 5) is 15.7. The number of thiazole rings is 1. The second-order valence-electron chi connectivity index (χ2n) is 5.87. The summed E-state index contributed by atoms with van der Waals surface area (Å²) in [5.41, 5.74) is 2.61. The maximum absolute atomic E-state index is 10.8. The Balaban J connectivity index is 1.95. The molecule has 1 atom stereocenters. The lowest BCUT2D eigenvalue weighted by Crippen LogP contribution is -2.21. The highest BCUT2D eigenvalue weighted by Gasteiger charge is 2.15. The van der Waals surface area contributed by atoms with E-state index in [4.69, 9.17) is 0 Å². The van der Waals surface area contributed by atoms with Crippen LogP contribution in [-0.2, 0) is 6.54 Å². The van der Waals surface area contributed by atoms with Crippen LogP contribution in [0.15, 0.2) is 77.6 Å². The standard InChI is InChI=1S/C20H19N3O3S/c1-2-12-21-20-22(18(14-27-20)15-6-4-3-5-7-15)13-19(24)16-8-10-17(11-9-16)23(25)26/h2-11,14,19,24H,1,12-13H2/t19-/m1/s1. The summed E-state index contributed by atoms with van der Waals surface area (Å²) < 4.78 is 1.97. The van der Waals surface area contributed by atoms with Crippen molar-refractivity contribution in [2.75, 3.05) is 6.54 Å². The first kappa shape index (κ1) is 18.8. The Labute approximate surface area is 160 Å². The Morgan fingerprint density at radius 2 is 1.93 bits per heavy atom. The van der Waals surface area contributed by atoms with E-state index in [0.717, 1.165) is 16.1 Å². The van der Waals surface area contributed by atoms with Gasteiger partial charge in [-0.2, -0.15) is 0 Å². The second kappa shape index (κ2) is 8.57. The van der Waals surface area contributed by atoms with Crippen molar-refractivity contribution in [3.63, 3.8) is 0 Å². The van der Waals surface area contributed by atoms with Gasteiger partial charge in [0.15, 0.2) is 4.80 Å². The first-order chi connectivity index (χ1) is 13.1. The number of non-ortho nitro benzene ring substituents is 1. The molecule has 27 heavy (non-hydrogen) atoms. The Kier molecular flexibility index (Phi) is 5.95. The predicted octanol–water partition coefficient (Wildman–Crippen LogP) is 3.95. The van der Waals surface area contributed by atoms with Gasteiger partial charge in [-0.3, -0.25) is 15.1 Å². The van der Waals surface area contributed by atoms with Crippen molar-refractivity contribution in [1.82, 2.24) is 4.57 Å². The first-order valence-corrected chi connectivity index (χ1v) is 9.25. The zero-order valence-electron chi connectivity index (χ0n) is 14.6. The molecule has 1 heterocycles. The van der Waals surface area contributed by atoms with Crippen LogP contribution in [0.25, 0.3) is 11.3 Å². The van der Waals surface area contributed by atoms with Gasteiger partial charge in [-0.25, -0.2) is 0 Å². The molecule has 6 nitrogen and oxygen atoms in total. The van der Waals surface area contributed by atoms with E-state index in [9.17, 15) is 15.2 Å². The maximum Gasteiger partial charge on any atom is 0.269 e. The van der Waals surface area contributed by atoms with E-state index >= 15 is 0 Å². The number of benzene rings is 2. The number of rotatable bonds is 7. The highest BCUT2D eigenvalue weighted by molar-refractivity contribution is 7.07. The van der Waals surface area contributed by atoms with Gasteiger partial charge >= 0.3 is 0 Å². The van der Waals surface area contributed by atoms with Gasteiger partial charge < -0.3 is 9.67 Å². The van der Waals surface area contributed by atoms with Crippen molar-refractivity contribution in [3.05, 3.63) is 93.1 Å². The van der Waals surface area contributed by atoms with Crippen LogP contribution in [0.1, 0.15) is 11.7 Å². The number of nitro groups is 1. The van der Waals surface area contributed by atoms with Crippen LogP contribution in [0.5, 0.6) is 0 Å². The molecule has 1 N–H and O–H groups in total. The summed E-state index contributed by atoms with van der Waals surface area (Å²) >= 11 is 1.50. The van der Waals surface area contributed by atoms with Crippen molar-refractivity contribution in [2.24, 2.45) is 4.99 Å². The molecule has 0 saturated carbocycles. The minimum absolute atomic E-state index is 0.000725. The van der Waals surface area contributed by atoms with Gasteiger partial charge in [-0.1, -0.05) is 36.4 Å². The minimum Gasteiger partial charge on any atom is -0.387 e. The fraction of sp³-hybridized carbons (Fsp3) is 0.150. The quantitative estimate of drug-likeness (QED) is 0.382. The van der Waals surface area contributed by atoms with Gasteiger partial charge in [0, 0.05) is 17.5 Å². The molecule has 0 aliphatic heterocycles. The Hall–Kier alpha value is -3.03. The Morgan fingerprint density at radius 1 is 1.22 bits per heavy atom. The average Bonchev–Trinajstić information content (AvgIpc) is 3.09. The molecule has 1 aromatic heterocycles. The normalized spacial score (nSPS) is 12.7. The van der Waals surface area contributed by atoms with Crippen molar-refractivity contribution < 1.29 is 10.0 Å². The van der Waals surface area contributed by atoms with Crippen LogP contribution in [0, 0.1) is 10.1 Å². The van der Waals surface area contributed by atoms with Gasteiger partial charge in [0.25, 0.3) is 5.69 Å². The summed E-state index contributed by atoms with van der Waals surface area (Å²) in [6, 6.07) is 15.9. The molecule has 3 rings (SSSR count). The molecule has 0 spiro atoms. The van der Waals surface area contributed by atoms with Gasteiger partial charge in [-0.15, -0.1) is 17.9 Å². The van der Waals surface area contributed by atoms with Crippen LogP contribution in [-0.4, -0.2) is 21.1 Å². The molecule has 0 radical (unpaired) electrons. The minimum atomic E-state index is -0.814.